The number of amides is 1. The molecule has 10 heteroatoms. The Balaban J connectivity index is 1.67. The average Bonchev–Trinajstić information content (AvgIpc) is 2.78. The summed E-state index contributed by atoms with van der Waals surface area (Å²) < 4.78 is 31.2. The van der Waals surface area contributed by atoms with Gasteiger partial charge in [-0.3, -0.25) is 9.10 Å². The number of anilines is 1. The molecule has 0 heterocycles. The van der Waals surface area contributed by atoms with E-state index in [9.17, 15) is 13.2 Å². The molecule has 7 nitrogen and oxygen atoms in total. The van der Waals surface area contributed by atoms with Crippen LogP contribution in [0.3, 0.4) is 0 Å². The Bertz CT molecular complexity index is 1250. The second-order valence-electron chi connectivity index (χ2n) is 6.97. The van der Waals surface area contributed by atoms with Crippen molar-refractivity contribution in [2.45, 2.75) is 6.61 Å². The number of ether oxygens (including phenoxy) is 1. The fourth-order valence-corrected chi connectivity index (χ4v) is 4.15. The summed E-state index contributed by atoms with van der Waals surface area (Å²) in [5.41, 5.74) is 4.09. The maximum atomic E-state index is 12.4. The van der Waals surface area contributed by atoms with Crippen molar-refractivity contribution in [3.8, 4) is 5.75 Å². The van der Waals surface area contributed by atoms with E-state index in [0.717, 1.165) is 16.1 Å². The first-order valence-electron chi connectivity index (χ1n) is 9.74. The number of hydrogen-bond acceptors (Lipinski definition) is 5. The third kappa shape index (κ3) is 7.21. The van der Waals surface area contributed by atoms with Crippen molar-refractivity contribution in [1.29, 1.82) is 0 Å². The molecule has 1 N–H and O–H groups in total. The van der Waals surface area contributed by atoms with E-state index in [4.69, 9.17) is 27.9 Å². The zero-order valence-electron chi connectivity index (χ0n) is 17.6. The molecule has 0 unspecified atom stereocenters. The summed E-state index contributed by atoms with van der Waals surface area (Å²) in [5.74, 6) is -0.0711. The van der Waals surface area contributed by atoms with E-state index in [1.807, 2.05) is 42.5 Å². The normalized spacial score (nSPS) is 11.4. The molecule has 33 heavy (non-hydrogen) atoms. The number of halogens is 2. The first-order valence-corrected chi connectivity index (χ1v) is 12.3. The van der Waals surface area contributed by atoms with Crippen LogP contribution in [0.25, 0.3) is 0 Å². The van der Waals surface area contributed by atoms with Crippen LogP contribution in [0.15, 0.2) is 77.9 Å². The van der Waals surface area contributed by atoms with E-state index in [0.29, 0.717) is 17.9 Å². The molecule has 0 saturated carbocycles. The SMILES string of the molecule is CS(=O)(=O)N(CC(=O)N/N=C\c1ccccc1OCc1ccccc1)c1cc(Cl)ccc1Cl. The Labute approximate surface area is 202 Å². The molecular weight excluding hydrogens is 485 g/mol. The summed E-state index contributed by atoms with van der Waals surface area (Å²) in [6.45, 7) is -0.149. The summed E-state index contributed by atoms with van der Waals surface area (Å²) >= 11 is 12.1. The number of sulfonamides is 1. The van der Waals surface area contributed by atoms with Gasteiger partial charge in [-0.15, -0.1) is 0 Å². The molecule has 3 aromatic rings. The zero-order valence-corrected chi connectivity index (χ0v) is 19.9. The van der Waals surface area contributed by atoms with Gasteiger partial charge in [0.2, 0.25) is 10.0 Å². The van der Waals surface area contributed by atoms with Gasteiger partial charge in [0.25, 0.3) is 5.91 Å². The van der Waals surface area contributed by atoms with Crippen molar-refractivity contribution < 1.29 is 17.9 Å². The van der Waals surface area contributed by atoms with Gasteiger partial charge in [0.05, 0.1) is 23.2 Å². The van der Waals surface area contributed by atoms with Gasteiger partial charge in [-0.1, -0.05) is 65.7 Å². The van der Waals surface area contributed by atoms with Crippen molar-refractivity contribution in [1.82, 2.24) is 5.43 Å². The van der Waals surface area contributed by atoms with Gasteiger partial charge in [0.1, 0.15) is 18.9 Å². The monoisotopic (exact) mass is 505 g/mol. The number of benzene rings is 3. The van der Waals surface area contributed by atoms with Crippen molar-refractivity contribution in [3.63, 3.8) is 0 Å². The fourth-order valence-electron chi connectivity index (χ4n) is 2.85. The summed E-state index contributed by atoms with van der Waals surface area (Å²) in [6, 6.07) is 21.3. The van der Waals surface area contributed by atoms with Crippen LogP contribution < -0.4 is 14.5 Å². The van der Waals surface area contributed by atoms with Crippen LogP contribution in [0, 0.1) is 0 Å². The molecule has 0 fully saturated rings. The van der Waals surface area contributed by atoms with E-state index in [-0.39, 0.29) is 15.7 Å². The lowest BCUT2D eigenvalue weighted by Crippen LogP contribution is -2.39. The Morgan fingerprint density at radius 1 is 1.06 bits per heavy atom. The molecule has 0 saturated heterocycles. The van der Waals surface area contributed by atoms with Gasteiger partial charge in [-0.2, -0.15) is 5.10 Å². The average molecular weight is 506 g/mol. The highest BCUT2D eigenvalue weighted by Crippen LogP contribution is 2.30. The van der Waals surface area contributed by atoms with Crippen LogP contribution >= 0.6 is 23.2 Å². The highest BCUT2D eigenvalue weighted by molar-refractivity contribution is 7.92. The minimum absolute atomic E-state index is 0.102. The molecule has 0 atom stereocenters. The Morgan fingerprint density at radius 2 is 1.76 bits per heavy atom. The van der Waals surface area contributed by atoms with Gasteiger partial charge in [0, 0.05) is 10.6 Å². The lowest BCUT2D eigenvalue weighted by atomic mass is 10.2. The lowest BCUT2D eigenvalue weighted by molar-refractivity contribution is -0.119. The largest absolute Gasteiger partial charge is 0.488 e. The lowest BCUT2D eigenvalue weighted by Gasteiger charge is -2.22. The van der Waals surface area contributed by atoms with Crippen LogP contribution in [0.4, 0.5) is 5.69 Å². The molecule has 0 spiro atoms. The molecule has 0 bridgehead atoms. The topological polar surface area (TPSA) is 88.1 Å². The number of nitrogens with one attached hydrogen (secondary N) is 1. The van der Waals surface area contributed by atoms with E-state index < -0.39 is 22.5 Å². The molecule has 1 amide bonds. The van der Waals surface area contributed by atoms with Gasteiger partial charge >= 0.3 is 0 Å². The van der Waals surface area contributed by atoms with Gasteiger partial charge in [-0.25, -0.2) is 13.8 Å². The van der Waals surface area contributed by atoms with Gasteiger partial charge in [-0.05, 0) is 35.9 Å². The van der Waals surface area contributed by atoms with Crippen LogP contribution in [0.1, 0.15) is 11.1 Å². The van der Waals surface area contributed by atoms with Gasteiger partial charge < -0.3 is 4.74 Å². The molecular formula is C23H21Cl2N3O4S. The van der Waals surface area contributed by atoms with Gasteiger partial charge in [0.15, 0.2) is 0 Å². The van der Waals surface area contributed by atoms with Crippen LogP contribution in [-0.4, -0.2) is 33.3 Å². The van der Waals surface area contributed by atoms with E-state index in [2.05, 4.69) is 10.5 Å². The Hall–Kier alpha value is -3.07. The summed E-state index contributed by atoms with van der Waals surface area (Å²) in [5, 5.41) is 4.37. The molecule has 172 valence electrons. The number of hydrogen-bond donors (Lipinski definition) is 1. The Kier molecular flexibility index (Phi) is 8.32. The van der Waals surface area contributed by atoms with Crippen LogP contribution in [0.2, 0.25) is 10.0 Å². The van der Waals surface area contributed by atoms with Crippen LogP contribution in [0.5, 0.6) is 5.75 Å². The summed E-state index contributed by atoms with van der Waals surface area (Å²) in [7, 11) is -3.81. The predicted molar refractivity (Wildman–Crippen MR) is 132 cm³/mol. The number of carbonyl (C=O) groups excluding carboxylic acids is 1. The standard InChI is InChI=1S/C23H21Cl2N3O4S/c1-33(30,31)28(21-13-19(24)11-12-20(21)25)15-23(29)27-26-14-18-9-5-6-10-22(18)32-16-17-7-3-2-4-8-17/h2-14H,15-16H2,1H3,(H,27,29)/b26-14-. The first-order chi connectivity index (χ1) is 15.7. The maximum absolute atomic E-state index is 12.4. The van der Waals surface area contributed by atoms with Crippen molar-refractivity contribution in [2.75, 3.05) is 17.1 Å². The van der Waals surface area contributed by atoms with Crippen molar-refractivity contribution >= 4 is 51.0 Å². The quantitative estimate of drug-likeness (QED) is 0.342. The highest BCUT2D eigenvalue weighted by atomic mass is 35.5. The number of para-hydroxylation sites is 1. The van der Waals surface area contributed by atoms with E-state index >= 15 is 0 Å². The predicted octanol–water partition coefficient (Wildman–Crippen LogP) is 4.49. The third-order valence-corrected chi connectivity index (χ3v) is 6.09. The highest BCUT2D eigenvalue weighted by Gasteiger charge is 2.23. The second kappa shape index (κ2) is 11.2. The number of rotatable bonds is 9. The number of nitrogens with zero attached hydrogens (tertiary/aromatic N) is 2. The Morgan fingerprint density at radius 3 is 2.48 bits per heavy atom. The summed E-state index contributed by atoms with van der Waals surface area (Å²) in [4.78, 5) is 12.4. The van der Waals surface area contributed by atoms with Crippen LogP contribution in [-0.2, 0) is 21.4 Å². The second-order valence-corrected chi connectivity index (χ2v) is 9.72. The molecule has 0 aliphatic rings. The molecule has 0 aromatic heterocycles. The van der Waals surface area contributed by atoms with E-state index in [1.54, 1.807) is 12.1 Å². The van der Waals surface area contributed by atoms with Crippen molar-refractivity contribution in [3.05, 3.63) is 94.0 Å². The first kappa shape index (κ1) is 24.6. The summed E-state index contributed by atoms with van der Waals surface area (Å²) in [6.07, 6.45) is 2.40. The maximum Gasteiger partial charge on any atom is 0.260 e. The van der Waals surface area contributed by atoms with E-state index in [1.165, 1.54) is 24.4 Å². The molecule has 0 aliphatic carbocycles. The number of hydrazone groups is 1. The smallest absolute Gasteiger partial charge is 0.260 e. The minimum Gasteiger partial charge on any atom is -0.488 e. The van der Waals surface area contributed by atoms with Crippen molar-refractivity contribution in [2.24, 2.45) is 5.10 Å². The molecule has 0 aliphatic heterocycles. The molecule has 3 rings (SSSR count). The molecule has 0 radical (unpaired) electrons. The fraction of sp³-hybridized carbons (Fsp3) is 0.130. The molecule has 3 aromatic carbocycles. The zero-order chi connectivity index (χ0) is 23.8. The third-order valence-electron chi connectivity index (χ3n) is 4.41. The number of carbonyl (C=O) groups is 1. The minimum atomic E-state index is -3.81.